The zero-order valence-corrected chi connectivity index (χ0v) is 13.1. The number of hydrogen-bond donors (Lipinski definition) is 0. The third-order valence-electron chi connectivity index (χ3n) is 4.05. The van der Waals surface area contributed by atoms with E-state index in [1.165, 1.54) is 12.0 Å². The van der Waals surface area contributed by atoms with Crippen LogP contribution in [0.25, 0.3) is 0 Å². The summed E-state index contributed by atoms with van der Waals surface area (Å²) in [5.41, 5.74) is 1.19. The van der Waals surface area contributed by atoms with Crippen LogP contribution >= 0.6 is 0 Å². The number of ether oxygens (including phenoxy) is 2. The fraction of sp³-hybridized carbons (Fsp3) is 0.611. The van der Waals surface area contributed by atoms with Crippen LogP contribution in [0.1, 0.15) is 63.9 Å². The van der Waals surface area contributed by atoms with Gasteiger partial charge in [0.1, 0.15) is 11.9 Å². The quantitative estimate of drug-likeness (QED) is 0.726. The van der Waals surface area contributed by atoms with Gasteiger partial charge in [-0.05, 0) is 31.7 Å². The Bertz CT molecular complexity index is 456. The van der Waals surface area contributed by atoms with Crippen LogP contribution in [0.4, 0.5) is 0 Å². The van der Waals surface area contributed by atoms with E-state index in [1.54, 1.807) is 0 Å². The molecule has 0 spiro atoms. The van der Waals surface area contributed by atoms with Crippen LogP contribution in [0.2, 0.25) is 0 Å². The van der Waals surface area contributed by atoms with E-state index in [-0.39, 0.29) is 18.0 Å². The average molecular weight is 290 g/mol. The van der Waals surface area contributed by atoms with Crippen molar-refractivity contribution in [3.05, 3.63) is 29.8 Å². The third kappa shape index (κ3) is 4.23. The van der Waals surface area contributed by atoms with Gasteiger partial charge in [0.2, 0.25) is 0 Å². The second kappa shape index (κ2) is 8.06. The first-order valence-corrected chi connectivity index (χ1v) is 8.17. The Labute approximate surface area is 127 Å². The van der Waals surface area contributed by atoms with Gasteiger partial charge in [0.25, 0.3) is 0 Å². The van der Waals surface area contributed by atoms with E-state index in [4.69, 9.17) is 9.47 Å². The smallest absolute Gasteiger partial charge is 0.305 e. The first-order chi connectivity index (χ1) is 10.3. The van der Waals surface area contributed by atoms with Crippen LogP contribution in [0.5, 0.6) is 5.75 Å². The first kappa shape index (κ1) is 15.9. The molecule has 2 rings (SSSR count). The largest absolute Gasteiger partial charge is 0.493 e. The molecule has 0 unspecified atom stereocenters. The zero-order valence-electron chi connectivity index (χ0n) is 13.1. The summed E-state index contributed by atoms with van der Waals surface area (Å²) in [5, 5.41) is 0. The summed E-state index contributed by atoms with van der Waals surface area (Å²) in [5.74, 6) is 1.12. The van der Waals surface area contributed by atoms with E-state index >= 15 is 0 Å². The fourth-order valence-electron chi connectivity index (χ4n) is 2.98. The highest BCUT2D eigenvalue weighted by molar-refractivity contribution is 5.69. The van der Waals surface area contributed by atoms with E-state index in [9.17, 15) is 4.79 Å². The standard InChI is InChI=1S/C18H26O3/c1-3-13-20-16-11-7-5-9-14(16)15-10-6-8-12-17(15)21-18(19)4-2/h5,7,9,11,15,17H,3-4,6,8,10,12-13H2,1-2H3/t15-,17+/m0/s1. The summed E-state index contributed by atoms with van der Waals surface area (Å²) in [4.78, 5) is 11.7. The summed E-state index contributed by atoms with van der Waals surface area (Å²) in [6.07, 6.45) is 5.78. The Hall–Kier alpha value is -1.51. The van der Waals surface area contributed by atoms with E-state index in [2.05, 4.69) is 13.0 Å². The van der Waals surface area contributed by atoms with Crippen LogP contribution < -0.4 is 4.74 Å². The summed E-state index contributed by atoms with van der Waals surface area (Å²) in [7, 11) is 0. The Kier molecular flexibility index (Phi) is 6.09. The molecular formula is C18H26O3. The van der Waals surface area contributed by atoms with Crippen LogP contribution in [0, 0.1) is 0 Å². The molecule has 2 atom stereocenters. The highest BCUT2D eigenvalue weighted by atomic mass is 16.5. The van der Waals surface area contributed by atoms with Crippen molar-refractivity contribution in [2.45, 2.75) is 64.4 Å². The lowest BCUT2D eigenvalue weighted by atomic mass is 9.81. The van der Waals surface area contributed by atoms with Gasteiger partial charge in [-0.15, -0.1) is 0 Å². The minimum Gasteiger partial charge on any atom is -0.493 e. The van der Waals surface area contributed by atoms with Gasteiger partial charge in [-0.2, -0.15) is 0 Å². The first-order valence-electron chi connectivity index (χ1n) is 8.17. The van der Waals surface area contributed by atoms with Crippen molar-refractivity contribution in [3.8, 4) is 5.75 Å². The van der Waals surface area contributed by atoms with Crippen molar-refractivity contribution < 1.29 is 14.3 Å². The number of benzene rings is 1. The molecule has 1 aromatic carbocycles. The Morgan fingerprint density at radius 3 is 2.71 bits per heavy atom. The highest BCUT2D eigenvalue weighted by Crippen LogP contribution is 2.39. The predicted octanol–water partition coefficient (Wildman–Crippen LogP) is 4.45. The lowest BCUT2D eigenvalue weighted by molar-refractivity contribution is -0.151. The van der Waals surface area contributed by atoms with Crippen molar-refractivity contribution in [3.63, 3.8) is 0 Å². The van der Waals surface area contributed by atoms with Gasteiger partial charge < -0.3 is 9.47 Å². The van der Waals surface area contributed by atoms with Crippen LogP contribution in [0.15, 0.2) is 24.3 Å². The summed E-state index contributed by atoms with van der Waals surface area (Å²) < 4.78 is 11.6. The number of para-hydroxylation sites is 1. The molecule has 3 heteroatoms. The molecule has 1 saturated carbocycles. The molecule has 0 aromatic heterocycles. The van der Waals surface area contributed by atoms with Gasteiger partial charge in [0, 0.05) is 17.9 Å². The lowest BCUT2D eigenvalue weighted by Gasteiger charge is -2.32. The fourth-order valence-corrected chi connectivity index (χ4v) is 2.98. The molecule has 0 bridgehead atoms. The van der Waals surface area contributed by atoms with Gasteiger partial charge >= 0.3 is 5.97 Å². The Balaban J connectivity index is 2.18. The minimum atomic E-state index is -0.0983. The second-order valence-corrected chi connectivity index (χ2v) is 5.66. The number of carbonyl (C=O) groups is 1. The highest BCUT2D eigenvalue weighted by Gasteiger charge is 2.31. The van der Waals surface area contributed by atoms with Gasteiger partial charge in [0.15, 0.2) is 0 Å². The summed E-state index contributed by atoms with van der Waals surface area (Å²) in [6, 6.07) is 8.19. The molecule has 0 radical (unpaired) electrons. The second-order valence-electron chi connectivity index (χ2n) is 5.66. The van der Waals surface area contributed by atoms with Crippen molar-refractivity contribution in [2.24, 2.45) is 0 Å². The maximum absolute atomic E-state index is 11.7. The van der Waals surface area contributed by atoms with E-state index < -0.39 is 0 Å². The SMILES string of the molecule is CCCOc1ccccc1[C@@H]1CCCC[C@H]1OC(=O)CC. The number of esters is 1. The molecule has 0 heterocycles. The molecule has 21 heavy (non-hydrogen) atoms. The molecule has 0 saturated heterocycles. The Morgan fingerprint density at radius 2 is 1.95 bits per heavy atom. The molecule has 1 aliphatic carbocycles. The average Bonchev–Trinajstić information content (AvgIpc) is 2.53. The monoisotopic (exact) mass is 290 g/mol. The van der Waals surface area contributed by atoms with Crippen molar-refractivity contribution in [1.29, 1.82) is 0 Å². The van der Waals surface area contributed by atoms with Gasteiger partial charge in [-0.3, -0.25) is 4.79 Å². The molecule has 116 valence electrons. The van der Waals surface area contributed by atoms with Gasteiger partial charge in [-0.1, -0.05) is 38.5 Å². The number of carbonyl (C=O) groups excluding carboxylic acids is 1. The number of hydrogen-bond acceptors (Lipinski definition) is 3. The van der Waals surface area contributed by atoms with Crippen LogP contribution in [-0.4, -0.2) is 18.7 Å². The van der Waals surface area contributed by atoms with E-state index in [0.717, 1.165) is 38.0 Å². The molecular weight excluding hydrogens is 264 g/mol. The molecule has 0 amide bonds. The predicted molar refractivity (Wildman–Crippen MR) is 83.6 cm³/mol. The third-order valence-corrected chi connectivity index (χ3v) is 4.05. The zero-order chi connectivity index (χ0) is 15.1. The molecule has 1 aliphatic rings. The van der Waals surface area contributed by atoms with Crippen molar-refractivity contribution in [2.75, 3.05) is 6.61 Å². The van der Waals surface area contributed by atoms with Crippen LogP contribution in [-0.2, 0) is 9.53 Å². The lowest BCUT2D eigenvalue weighted by Crippen LogP contribution is -2.28. The van der Waals surface area contributed by atoms with E-state index in [0.29, 0.717) is 6.42 Å². The maximum atomic E-state index is 11.7. The molecule has 0 aliphatic heterocycles. The molecule has 1 fully saturated rings. The van der Waals surface area contributed by atoms with Crippen molar-refractivity contribution >= 4 is 5.97 Å². The molecule has 3 nitrogen and oxygen atoms in total. The van der Waals surface area contributed by atoms with Crippen LogP contribution in [0.3, 0.4) is 0 Å². The summed E-state index contributed by atoms with van der Waals surface area (Å²) >= 11 is 0. The van der Waals surface area contributed by atoms with Gasteiger partial charge in [-0.25, -0.2) is 0 Å². The maximum Gasteiger partial charge on any atom is 0.305 e. The summed E-state index contributed by atoms with van der Waals surface area (Å²) in [6.45, 7) is 4.68. The topological polar surface area (TPSA) is 35.5 Å². The molecule has 1 aromatic rings. The van der Waals surface area contributed by atoms with E-state index in [1.807, 2.05) is 25.1 Å². The number of rotatable bonds is 6. The molecule has 0 N–H and O–H groups in total. The Morgan fingerprint density at radius 1 is 1.19 bits per heavy atom. The minimum absolute atomic E-state index is 0.00224. The van der Waals surface area contributed by atoms with Crippen molar-refractivity contribution in [1.82, 2.24) is 0 Å². The van der Waals surface area contributed by atoms with Gasteiger partial charge in [0.05, 0.1) is 6.61 Å². The normalized spacial score (nSPS) is 21.8.